The highest BCUT2D eigenvalue weighted by Crippen LogP contribution is 2.10. The van der Waals surface area contributed by atoms with Crippen molar-refractivity contribution in [1.29, 1.82) is 0 Å². The molecule has 116 valence electrons. The van der Waals surface area contributed by atoms with Crippen LogP contribution in [0.3, 0.4) is 0 Å². The van der Waals surface area contributed by atoms with Gasteiger partial charge in [0, 0.05) is 12.4 Å². The van der Waals surface area contributed by atoms with E-state index in [2.05, 4.69) is 19.6 Å². The topological polar surface area (TPSA) is 18.5 Å². The molecule has 0 rings (SSSR count). The summed E-state index contributed by atoms with van der Waals surface area (Å²) < 4.78 is 10.8. The Kier molecular flexibility index (Phi) is 18.5. The summed E-state index contributed by atoms with van der Waals surface area (Å²) in [6, 6.07) is 0. The Labute approximate surface area is 126 Å². The largest absolute Gasteiger partial charge is 0.379 e. The van der Waals surface area contributed by atoms with Crippen LogP contribution in [0.1, 0.15) is 71.1 Å². The van der Waals surface area contributed by atoms with E-state index in [-0.39, 0.29) is 0 Å². The van der Waals surface area contributed by atoms with Crippen molar-refractivity contribution in [2.24, 2.45) is 0 Å². The lowest BCUT2D eigenvalue weighted by molar-refractivity contribution is 0.0523. The molecule has 19 heavy (non-hydrogen) atoms. The molecule has 0 aromatic heterocycles. The van der Waals surface area contributed by atoms with Crippen LogP contribution in [0, 0.1) is 0 Å². The number of thiol groups is 1. The first-order valence-corrected chi connectivity index (χ1v) is 8.81. The second-order valence-corrected chi connectivity index (χ2v) is 5.58. The number of hydrogen-bond donors (Lipinski definition) is 1. The molecular formula is C16H34O2S. The van der Waals surface area contributed by atoms with Crippen molar-refractivity contribution in [2.45, 2.75) is 71.1 Å². The highest BCUT2D eigenvalue weighted by atomic mass is 32.1. The zero-order chi connectivity index (χ0) is 14.0. The molecule has 0 fully saturated rings. The van der Waals surface area contributed by atoms with E-state index in [0.29, 0.717) is 6.61 Å². The van der Waals surface area contributed by atoms with E-state index in [9.17, 15) is 0 Å². The van der Waals surface area contributed by atoms with Crippen molar-refractivity contribution in [3.8, 4) is 0 Å². The predicted molar refractivity (Wildman–Crippen MR) is 87.3 cm³/mol. The van der Waals surface area contributed by atoms with Crippen LogP contribution in [0.2, 0.25) is 0 Å². The van der Waals surface area contributed by atoms with Gasteiger partial charge in [0.25, 0.3) is 0 Å². The third-order valence-corrected chi connectivity index (χ3v) is 3.43. The van der Waals surface area contributed by atoms with Crippen molar-refractivity contribution >= 4 is 12.6 Å². The standard InChI is InChI=1S/C16H34O2S/c1-2-3-4-5-6-7-8-9-10-11-12-17-13-14-18-15-16-19/h19H,2-16H2,1H3. The van der Waals surface area contributed by atoms with Gasteiger partial charge in [-0.3, -0.25) is 0 Å². The van der Waals surface area contributed by atoms with E-state index in [1.54, 1.807) is 0 Å². The van der Waals surface area contributed by atoms with Gasteiger partial charge in [0.1, 0.15) is 0 Å². The summed E-state index contributed by atoms with van der Waals surface area (Å²) in [5.41, 5.74) is 0. The molecule has 0 spiro atoms. The maximum Gasteiger partial charge on any atom is 0.0700 e. The minimum atomic E-state index is 0.707. The molecule has 0 aliphatic heterocycles. The van der Waals surface area contributed by atoms with Crippen molar-refractivity contribution in [3.63, 3.8) is 0 Å². The molecule has 0 saturated heterocycles. The number of ether oxygens (including phenoxy) is 2. The van der Waals surface area contributed by atoms with Gasteiger partial charge in [-0.05, 0) is 6.42 Å². The van der Waals surface area contributed by atoms with Crippen molar-refractivity contribution in [2.75, 3.05) is 32.2 Å². The maximum atomic E-state index is 5.50. The van der Waals surface area contributed by atoms with Gasteiger partial charge in [-0.15, -0.1) is 0 Å². The monoisotopic (exact) mass is 290 g/mol. The molecule has 2 nitrogen and oxygen atoms in total. The van der Waals surface area contributed by atoms with Crippen LogP contribution < -0.4 is 0 Å². The predicted octanol–water partition coefficient (Wildman–Crippen LogP) is 4.87. The third-order valence-electron chi connectivity index (χ3n) is 3.25. The van der Waals surface area contributed by atoms with Crippen LogP contribution in [-0.4, -0.2) is 32.2 Å². The average Bonchev–Trinajstić information content (AvgIpc) is 2.43. The molecule has 3 heteroatoms. The zero-order valence-electron chi connectivity index (χ0n) is 12.9. The first kappa shape index (κ1) is 19.3. The van der Waals surface area contributed by atoms with Crippen LogP contribution >= 0.6 is 12.6 Å². The van der Waals surface area contributed by atoms with Gasteiger partial charge in [-0.25, -0.2) is 0 Å². The van der Waals surface area contributed by atoms with E-state index in [1.807, 2.05) is 0 Å². The fraction of sp³-hybridized carbons (Fsp3) is 1.00. The van der Waals surface area contributed by atoms with Gasteiger partial charge in [0.05, 0.1) is 19.8 Å². The molecule has 0 aromatic rings. The average molecular weight is 291 g/mol. The maximum absolute atomic E-state index is 5.50. The lowest BCUT2D eigenvalue weighted by atomic mass is 10.1. The molecule has 0 heterocycles. The van der Waals surface area contributed by atoms with Crippen LogP contribution in [-0.2, 0) is 9.47 Å². The molecule has 0 bridgehead atoms. The van der Waals surface area contributed by atoms with Crippen LogP contribution in [0.4, 0.5) is 0 Å². The number of unbranched alkanes of at least 4 members (excludes halogenated alkanes) is 9. The minimum Gasteiger partial charge on any atom is -0.379 e. The summed E-state index contributed by atoms with van der Waals surface area (Å²) in [5.74, 6) is 0.790. The van der Waals surface area contributed by atoms with Gasteiger partial charge in [-0.2, -0.15) is 12.6 Å². The SMILES string of the molecule is CCCCCCCCCCCCOCCOCCS. The van der Waals surface area contributed by atoms with Gasteiger partial charge >= 0.3 is 0 Å². The van der Waals surface area contributed by atoms with E-state index in [4.69, 9.17) is 9.47 Å². The summed E-state index contributed by atoms with van der Waals surface area (Å²) in [6.07, 6.45) is 13.7. The van der Waals surface area contributed by atoms with Crippen LogP contribution in [0.5, 0.6) is 0 Å². The van der Waals surface area contributed by atoms with Crippen molar-refractivity contribution in [1.82, 2.24) is 0 Å². The van der Waals surface area contributed by atoms with E-state index >= 15 is 0 Å². The van der Waals surface area contributed by atoms with E-state index in [1.165, 1.54) is 64.2 Å². The van der Waals surface area contributed by atoms with Gasteiger partial charge < -0.3 is 9.47 Å². The molecule has 0 unspecified atom stereocenters. The molecule has 0 aromatic carbocycles. The summed E-state index contributed by atoms with van der Waals surface area (Å²) in [6.45, 7) is 5.32. The fourth-order valence-corrected chi connectivity index (χ4v) is 2.21. The molecule has 0 N–H and O–H groups in total. The van der Waals surface area contributed by atoms with Crippen molar-refractivity contribution in [3.05, 3.63) is 0 Å². The molecule has 0 radical (unpaired) electrons. The molecule has 0 saturated carbocycles. The lowest BCUT2D eigenvalue weighted by Crippen LogP contribution is -2.06. The quantitative estimate of drug-likeness (QED) is 0.323. The molecule has 0 aliphatic carbocycles. The van der Waals surface area contributed by atoms with E-state index < -0.39 is 0 Å². The molecule has 0 atom stereocenters. The molecule has 0 amide bonds. The lowest BCUT2D eigenvalue weighted by Gasteiger charge is -2.05. The summed E-state index contributed by atoms with van der Waals surface area (Å²) >= 11 is 4.08. The van der Waals surface area contributed by atoms with Crippen LogP contribution in [0.15, 0.2) is 0 Å². The van der Waals surface area contributed by atoms with Gasteiger partial charge in [0.2, 0.25) is 0 Å². The Hall–Kier alpha value is 0.270. The second kappa shape index (κ2) is 18.3. The summed E-state index contributed by atoms with van der Waals surface area (Å²) in [7, 11) is 0. The fourth-order valence-electron chi connectivity index (χ4n) is 2.08. The minimum absolute atomic E-state index is 0.707. The second-order valence-electron chi connectivity index (χ2n) is 5.13. The Morgan fingerprint density at radius 2 is 1.05 bits per heavy atom. The zero-order valence-corrected chi connectivity index (χ0v) is 13.8. The smallest absolute Gasteiger partial charge is 0.0700 e. The van der Waals surface area contributed by atoms with Gasteiger partial charge in [-0.1, -0.05) is 64.7 Å². The normalized spacial score (nSPS) is 11.1. The van der Waals surface area contributed by atoms with Crippen LogP contribution in [0.25, 0.3) is 0 Å². The first-order chi connectivity index (χ1) is 9.41. The highest BCUT2D eigenvalue weighted by molar-refractivity contribution is 7.80. The molecular weight excluding hydrogens is 256 g/mol. The molecule has 0 aliphatic rings. The Morgan fingerprint density at radius 3 is 1.58 bits per heavy atom. The summed E-state index contributed by atoms with van der Waals surface area (Å²) in [5, 5.41) is 0. The third kappa shape index (κ3) is 18.3. The van der Waals surface area contributed by atoms with E-state index in [0.717, 1.165) is 25.6 Å². The number of rotatable bonds is 16. The van der Waals surface area contributed by atoms with Crippen molar-refractivity contribution < 1.29 is 9.47 Å². The Bertz CT molecular complexity index is 138. The number of hydrogen-bond acceptors (Lipinski definition) is 3. The Morgan fingerprint density at radius 1 is 0.579 bits per heavy atom. The first-order valence-electron chi connectivity index (χ1n) is 8.18. The van der Waals surface area contributed by atoms with Gasteiger partial charge in [0.15, 0.2) is 0 Å². The summed E-state index contributed by atoms with van der Waals surface area (Å²) in [4.78, 5) is 0. The highest BCUT2D eigenvalue weighted by Gasteiger charge is 1.93. The Balaban J connectivity index is 2.88.